The summed E-state index contributed by atoms with van der Waals surface area (Å²) in [5, 5.41) is 14.4. The number of nitrogens with zero attached hydrogens (tertiary/aromatic N) is 2. The summed E-state index contributed by atoms with van der Waals surface area (Å²) in [4.78, 5) is 0. The molecule has 86 valence electrons. The maximum Gasteiger partial charge on any atom is 0.0648 e. The Hall–Kier alpha value is -0.830. The molecule has 1 heterocycles. The first-order valence-electron chi connectivity index (χ1n) is 5.79. The van der Waals surface area contributed by atoms with Crippen molar-refractivity contribution in [3.8, 4) is 0 Å². The lowest BCUT2D eigenvalue weighted by molar-refractivity contribution is 0.0185. The normalized spacial score (nSPS) is 15.2. The molecule has 1 N–H and O–H groups in total. The van der Waals surface area contributed by atoms with E-state index in [9.17, 15) is 5.11 Å². The molecule has 15 heavy (non-hydrogen) atoms. The first-order chi connectivity index (χ1) is 7.09. The second-order valence-electron chi connectivity index (χ2n) is 4.35. The maximum atomic E-state index is 10.3. The predicted octanol–water partition coefficient (Wildman–Crippen LogP) is 2.29. The topological polar surface area (TPSA) is 38.1 Å². The van der Waals surface area contributed by atoms with Crippen LogP contribution >= 0.6 is 0 Å². The van der Waals surface area contributed by atoms with Crippen molar-refractivity contribution < 1.29 is 5.11 Å². The fourth-order valence-corrected chi connectivity index (χ4v) is 1.92. The average molecular weight is 210 g/mol. The zero-order chi connectivity index (χ0) is 11.3. The van der Waals surface area contributed by atoms with E-state index in [1.165, 1.54) is 5.56 Å². The minimum atomic E-state index is -0.482. The highest BCUT2D eigenvalue weighted by atomic mass is 16.3. The highest BCUT2D eigenvalue weighted by Crippen LogP contribution is 2.23. The van der Waals surface area contributed by atoms with Gasteiger partial charge in [0.25, 0.3) is 0 Å². The summed E-state index contributed by atoms with van der Waals surface area (Å²) in [6.07, 6.45) is 8.41. The predicted molar refractivity (Wildman–Crippen MR) is 61.7 cm³/mol. The number of hydrogen-bond donors (Lipinski definition) is 1. The smallest absolute Gasteiger partial charge is 0.0648 e. The van der Waals surface area contributed by atoms with Crippen LogP contribution in [0.2, 0.25) is 0 Å². The first kappa shape index (κ1) is 12.2. The molecule has 1 aromatic heterocycles. The van der Waals surface area contributed by atoms with Crippen molar-refractivity contribution >= 4 is 0 Å². The summed E-state index contributed by atoms with van der Waals surface area (Å²) < 4.78 is 1.81. The third-order valence-electron chi connectivity index (χ3n) is 3.01. The van der Waals surface area contributed by atoms with Crippen molar-refractivity contribution in [3.63, 3.8) is 0 Å². The number of aromatic nitrogens is 2. The van der Waals surface area contributed by atoms with Crippen molar-refractivity contribution in [1.82, 2.24) is 9.78 Å². The van der Waals surface area contributed by atoms with E-state index < -0.39 is 5.60 Å². The van der Waals surface area contributed by atoms with Gasteiger partial charge in [0, 0.05) is 13.2 Å². The van der Waals surface area contributed by atoms with Crippen LogP contribution in [0.25, 0.3) is 0 Å². The zero-order valence-electron chi connectivity index (χ0n) is 10.0. The van der Waals surface area contributed by atoms with Crippen molar-refractivity contribution in [1.29, 1.82) is 0 Å². The summed E-state index contributed by atoms with van der Waals surface area (Å²) >= 11 is 0. The standard InChI is InChI=1S/C12H22N2O/c1-4-7-12(15,5-2)8-6-11-9-13-14(3)10-11/h9-10,15H,4-8H2,1-3H3. The fourth-order valence-electron chi connectivity index (χ4n) is 1.92. The molecule has 1 aromatic rings. The van der Waals surface area contributed by atoms with Gasteiger partial charge in [-0.15, -0.1) is 0 Å². The van der Waals surface area contributed by atoms with E-state index in [2.05, 4.69) is 18.9 Å². The Bertz CT molecular complexity index is 296. The van der Waals surface area contributed by atoms with Gasteiger partial charge in [-0.05, 0) is 31.2 Å². The number of hydrogen-bond acceptors (Lipinski definition) is 2. The van der Waals surface area contributed by atoms with Gasteiger partial charge in [0.15, 0.2) is 0 Å². The molecule has 0 spiro atoms. The largest absolute Gasteiger partial charge is 0.390 e. The number of rotatable bonds is 6. The molecule has 0 bridgehead atoms. The maximum absolute atomic E-state index is 10.3. The summed E-state index contributed by atoms with van der Waals surface area (Å²) in [6, 6.07) is 0. The lowest BCUT2D eigenvalue weighted by Gasteiger charge is -2.26. The SMILES string of the molecule is CCCC(O)(CC)CCc1cnn(C)c1. The molecule has 0 saturated heterocycles. The molecule has 0 aromatic carbocycles. The third kappa shape index (κ3) is 3.67. The van der Waals surface area contributed by atoms with Crippen LogP contribution in [0.4, 0.5) is 0 Å². The highest BCUT2D eigenvalue weighted by Gasteiger charge is 2.22. The van der Waals surface area contributed by atoms with Gasteiger partial charge in [-0.3, -0.25) is 4.68 Å². The zero-order valence-corrected chi connectivity index (χ0v) is 10.0. The Balaban J connectivity index is 2.47. The lowest BCUT2D eigenvalue weighted by Crippen LogP contribution is -2.27. The van der Waals surface area contributed by atoms with Crippen LogP contribution in [0, 0.1) is 0 Å². The molecule has 0 aliphatic rings. The van der Waals surface area contributed by atoms with E-state index in [1.807, 2.05) is 19.4 Å². The molecule has 3 nitrogen and oxygen atoms in total. The molecule has 1 rings (SSSR count). The van der Waals surface area contributed by atoms with E-state index in [1.54, 1.807) is 4.68 Å². The Morgan fingerprint density at radius 3 is 2.60 bits per heavy atom. The van der Waals surface area contributed by atoms with Gasteiger partial charge in [-0.2, -0.15) is 5.10 Å². The minimum absolute atomic E-state index is 0.482. The van der Waals surface area contributed by atoms with Crippen molar-refractivity contribution in [2.24, 2.45) is 7.05 Å². The summed E-state index contributed by atoms with van der Waals surface area (Å²) in [6.45, 7) is 4.17. The Morgan fingerprint density at radius 1 is 1.40 bits per heavy atom. The first-order valence-corrected chi connectivity index (χ1v) is 5.79. The van der Waals surface area contributed by atoms with E-state index in [0.717, 1.165) is 32.1 Å². The van der Waals surface area contributed by atoms with Crippen LogP contribution in [-0.2, 0) is 13.5 Å². The molecule has 0 amide bonds. The molecular weight excluding hydrogens is 188 g/mol. The molecule has 0 radical (unpaired) electrons. The molecule has 3 heteroatoms. The summed E-state index contributed by atoms with van der Waals surface area (Å²) in [7, 11) is 1.92. The van der Waals surface area contributed by atoms with Crippen molar-refractivity contribution in [3.05, 3.63) is 18.0 Å². The van der Waals surface area contributed by atoms with Crippen LogP contribution in [0.5, 0.6) is 0 Å². The van der Waals surface area contributed by atoms with Crippen LogP contribution < -0.4 is 0 Å². The second kappa shape index (κ2) is 5.31. The van der Waals surface area contributed by atoms with Crippen molar-refractivity contribution in [2.45, 2.75) is 51.6 Å². The van der Waals surface area contributed by atoms with Gasteiger partial charge in [-0.1, -0.05) is 20.3 Å². The summed E-state index contributed by atoms with van der Waals surface area (Å²) in [5.74, 6) is 0. The van der Waals surface area contributed by atoms with Crippen LogP contribution in [0.1, 0.15) is 45.1 Å². The molecule has 0 saturated carbocycles. The van der Waals surface area contributed by atoms with E-state index in [4.69, 9.17) is 0 Å². The highest BCUT2D eigenvalue weighted by molar-refractivity contribution is 5.04. The molecule has 0 aliphatic carbocycles. The monoisotopic (exact) mass is 210 g/mol. The van der Waals surface area contributed by atoms with Crippen LogP contribution in [-0.4, -0.2) is 20.5 Å². The molecule has 1 unspecified atom stereocenters. The van der Waals surface area contributed by atoms with E-state index in [0.29, 0.717) is 0 Å². The van der Waals surface area contributed by atoms with Gasteiger partial charge in [-0.25, -0.2) is 0 Å². The third-order valence-corrected chi connectivity index (χ3v) is 3.01. The Labute approximate surface area is 92.1 Å². The van der Waals surface area contributed by atoms with Crippen LogP contribution in [0.3, 0.4) is 0 Å². The van der Waals surface area contributed by atoms with Crippen LogP contribution in [0.15, 0.2) is 12.4 Å². The molecular formula is C12H22N2O. The van der Waals surface area contributed by atoms with Gasteiger partial charge >= 0.3 is 0 Å². The average Bonchev–Trinajstić information content (AvgIpc) is 2.62. The Morgan fingerprint density at radius 2 is 2.13 bits per heavy atom. The number of aryl methyl sites for hydroxylation is 2. The Kier molecular flexibility index (Phi) is 4.33. The van der Waals surface area contributed by atoms with Crippen molar-refractivity contribution in [2.75, 3.05) is 0 Å². The lowest BCUT2D eigenvalue weighted by atomic mass is 9.89. The van der Waals surface area contributed by atoms with Gasteiger partial charge in [0.05, 0.1) is 11.8 Å². The van der Waals surface area contributed by atoms with Gasteiger partial charge < -0.3 is 5.11 Å². The molecule has 1 atom stereocenters. The molecule has 0 fully saturated rings. The quantitative estimate of drug-likeness (QED) is 0.782. The fraction of sp³-hybridized carbons (Fsp3) is 0.750. The summed E-state index contributed by atoms with van der Waals surface area (Å²) in [5.41, 5.74) is 0.727. The second-order valence-corrected chi connectivity index (χ2v) is 4.35. The minimum Gasteiger partial charge on any atom is -0.390 e. The van der Waals surface area contributed by atoms with E-state index >= 15 is 0 Å². The molecule has 0 aliphatic heterocycles. The van der Waals surface area contributed by atoms with Gasteiger partial charge in [0.2, 0.25) is 0 Å². The van der Waals surface area contributed by atoms with E-state index in [-0.39, 0.29) is 0 Å². The van der Waals surface area contributed by atoms with Gasteiger partial charge in [0.1, 0.15) is 0 Å². The number of aliphatic hydroxyl groups is 1.